The molecule has 1 unspecified atom stereocenters. The molecule has 1 aromatic carbocycles. The van der Waals surface area contributed by atoms with Crippen LogP contribution >= 0.6 is 0 Å². The summed E-state index contributed by atoms with van der Waals surface area (Å²) in [6.45, 7) is 5.23. The fraction of sp³-hybridized carbons (Fsp3) is 0.250. The highest BCUT2D eigenvalue weighted by atomic mass is 16.7. The highest BCUT2D eigenvalue weighted by molar-refractivity contribution is 5.66. The maximum Gasteiger partial charge on any atom is 0.303 e. The lowest BCUT2D eigenvalue weighted by Gasteiger charge is -2.13. The summed E-state index contributed by atoms with van der Waals surface area (Å²) in [5.74, 6) is 1.02. The third kappa shape index (κ3) is 2.00. The zero-order valence-electron chi connectivity index (χ0n) is 8.93. The zero-order valence-corrected chi connectivity index (χ0v) is 8.93. The molecule has 84 valence electrons. The second kappa shape index (κ2) is 4.26. The quantitative estimate of drug-likeness (QED) is 0.578. The van der Waals surface area contributed by atoms with Gasteiger partial charge in [0.1, 0.15) is 6.10 Å². The van der Waals surface area contributed by atoms with Crippen LogP contribution in [-0.4, -0.2) is 12.8 Å². The largest absolute Gasteiger partial charge is 0.454 e. The van der Waals surface area contributed by atoms with Crippen molar-refractivity contribution >= 4 is 5.97 Å². The van der Waals surface area contributed by atoms with Gasteiger partial charge < -0.3 is 14.2 Å². The number of esters is 1. The van der Waals surface area contributed by atoms with Crippen LogP contribution in [0.3, 0.4) is 0 Å². The monoisotopic (exact) mass is 220 g/mol. The van der Waals surface area contributed by atoms with Gasteiger partial charge in [-0.25, -0.2) is 0 Å². The third-order valence-corrected chi connectivity index (χ3v) is 2.23. The number of benzene rings is 1. The Morgan fingerprint density at radius 1 is 1.50 bits per heavy atom. The Morgan fingerprint density at radius 2 is 2.25 bits per heavy atom. The van der Waals surface area contributed by atoms with E-state index in [1.54, 1.807) is 18.2 Å². The van der Waals surface area contributed by atoms with E-state index in [4.69, 9.17) is 14.2 Å². The van der Waals surface area contributed by atoms with Crippen molar-refractivity contribution in [1.29, 1.82) is 0 Å². The summed E-state index contributed by atoms with van der Waals surface area (Å²) >= 11 is 0. The minimum absolute atomic E-state index is 0.227. The van der Waals surface area contributed by atoms with Crippen LogP contribution in [0.2, 0.25) is 0 Å². The van der Waals surface area contributed by atoms with Crippen LogP contribution in [0, 0.1) is 0 Å². The molecule has 2 rings (SSSR count). The second-order valence-corrected chi connectivity index (χ2v) is 3.38. The molecule has 0 aromatic heterocycles. The molecule has 4 heteroatoms. The van der Waals surface area contributed by atoms with E-state index in [1.807, 2.05) is 6.07 Å². The number of carbonyl (C=O) groups excluding carboxylic acids is 1. The van der Waals surface area contributed by atoms with Gasteiger partial charge in [0, 0.05) is 12.5 Å². The lowest BCUT2D eigenvalue weighted by Crippen LogP contribution is -2.05. The van der Waals surface area contributed by atoms with Gasteiger partial charge >= 0.3 is 5.97 Å². The highest BCUT2D eigenvalue weighted by Gasteiger charge is 2.17. The van der Waals surface area contributed by atoms with Crippen molar-refractivity contribution in [3.05, 3.63) is 36.4 Å². The number of carbonyl (C=O) groups is 1. The van der Waals surface area contributed by atoms with Crippen molar-refractivity contribution in [3.8, 4) is 11.5 Å². The second-order valence-electron chi connectivity index (χ2n) is 3.38. The maximum absolute atomic E-state index is 10.9. The summed E-state index contributed by atoms with van der Waals surface area (Å²) in [5, 5.41) is 0. The first-order chi connectivity index (χ1) is 7.70. The molecule has 0 saturated carbocycles. The van der Waals surface area contributed by atoms with Gasteiger partial charge in [-0.15, -0.1) is 0 Å². The molecular weight excluding hydrogens is 208 g/mol. The number of fused-ring (bicyclic) bond motifs is 1. The maximum atomic E-state index is 10.9. The molecule has 0 fully saturated rings. The highest BCUT2D eigenvalue weighted by Crippen LogP contribution is 2.35. The lowest BCUT2D eigenvalue weighted by molar-refractivity contribution is -0.144. The molecule has 0 amide bonds. The van der Waals surface area contributed by atoms with E-state index >= 15 is 0 Å². The predicted octanol–water partition coefficient (Wildman–Crippen LogP) is 2.21. The molecule has 0 aliphatic carbocycles. The van der Waals surface area contributed by atoms with Gasteiger partial charge in [-0.1, -0.05) is 12.6 Å². The molecule has 0 saturated heterocycles. The number of hydrogen-bond acceptors (Lipinski definition) is 4. The molecule has 1 aromatic rings. The van der Waals surface area contributed by atoms with Crippen molar-refractivity contribution in [1.82, 2.24) is 0 Å². The predicted molar refractivity (Wildman–Crippen MR) is 57.3 cm³/mol. The molecule has 1 heterocycles. The Morgan fingerprint density at radius 3 is 2.94 bits per heavy atom. The molecule has 1 atom stereocenters. The number of rotatable bonds is 3. The van der Waals surface area contributed by atoms with Crippen LogP contribution in [0.25, 0.3) is 0 Å². The number of hydrogen-bond donors (Lipinski definition) is 0. The van der Waals surface area contributed by atoms with Gasteiger partial charge in [-0.3, -0.25) is 4.79 Å². The summed E-state index contributed by atoms with van der Waals surface area (Å²) in [5.41, 5.74) is 0.814. The van der Waals surface area contributed by atoms with E-state index < -0.39 is 6.10 Å². The van der Waals surface area contributed by atoms with E-state index in [0.717, 1.165) is 5.56 Å². The molecule has 4 nitrogen and oxygen atoms in total. The molecule has 0 N–H and O–H groups in total. The Kier molecular flexibility index (Phi) is 2.81. The zero-order chi connectivity index (χ0) is 11.5. The van der Waals surface area contributed by atoms with Gasteiger partial charge in [-0.2, -0.15) is 0 Å². The van der Waals surface area contributed by atoms with Crippen LogP contribution in [0.4, 0.5) is 0 Å². The van der Waals surface area contributed by atoms with Gasteiger partial charge in [0.2, 0.25) is 6.79 Å². The normalized spacial score (nSPS) is 14.3. The smallest absolute Gasteiger partial charge is 0.303 e. The standard InChI is InChI=1S/C12H12O4/c1-3-10(16-8(2)13)9-4-5-11-12(6-9)15-7-14-11/h3-6,10H,1,7H2,2H3. The summed E-state index contributed by atoms with van der Waals surface area (Å²) in [4.78, 5) is 10.9. The first-order valence-corrected chi connectivity index (χ1v) is 4.90. The Balaban J connectivity index is 2.25. The Hall–Kier alpha value is -1.97. The summed E-state index contributed by atoms with van der Waals surface area (Å²) < 4.78 is 15.5. The van der Waals surface area contributed by atoms with Crippen LogP contribution in [0.15, 0.2) is 30.9 Å². The van der Waals surface area contributed by atoms with Crippen molar-refractivity contribution in [3.63, 3.8) is 0 Å². The first-order valence-electron chi connectivity index (χ1n) is 4.90. The van der Waals surface area contributed by atoms with E-state index in [2.05, 4.69) is 6.58 Å². The van der Waals surface area contributed by atoms with Crippen molar-refractivity contribution in [2.45, 2.75) is 13.0 Å². The Bertz CT molecular complexity index is 425. The van der Waals surface area contributed by atoms with Crippen molar-refractivity contribution in [2.75, 3.05) is 6.79 Å². The van der Waals surface area contributed by atoms with Gasteiger partial charge in [0.05, 0.1) is 0 Å². The van der Waals surface area contributed by atoms with E-state index in [1.165, 1.54) is 6.92 Å². The fourth-order valence-corrected chi connectivity index (χ4v) is 1.52. The van der Waals surface area contributed by atoms with Crippen LogP contribution in [-0.2, 0) is 9.53 Å². The first kappa shape index (κ1) is 10.5. The topological polar surface area (TPSA) is 44.8 Å². The molecular formula is C12H12O4. The van der Waals surface area contributed by atoms with E-state index in [9.17, 15) is 4.79 Å². The summed E-state index contributed by atoms with van der Waals surface area (Å²) in [6, 6.07) is 5.40. The molecule has 16 heavy (non-hydrogen) atoms. The van der Waals surface area contributed by atoms with Crippen LogP contribution in [0.5, 0.6) is 11.5 Å². The van der Waals surface area contributed by atoms with E-state index in [-0.39, 0.29) is 12.8 Å². The van der Waals surface area contributed by atoms with Gasteiger partial charge in [0.25, 0.3) is 0 Å². The average Bonchev–Trinajstić information content (AvgIpc) is 2.72. The number of ether oxygens (including phenoxy) is 3. The molecule has 1 aliphatic heterocycles. The van der Waals surface area contributed by atoms with Gasteiger partial charge in [-0.05, 0) is 18.2 Å². The van der Waals surface area contributed by atoms with Crippen molar-refractivity contribution < 1.29 is 19.0 Å². The van der Waals surface area contributed by atoms with Crippen LogP contribution < -0.4 is 9.47 Å². The molecule has 0 spiro atoms. The Labute approximate surface area is 93.4 Å². The average molecular weight is 220 g/mol. The molecule has 0 radical (unpaired) electrons. The van der Waals surface area contributed by atoms with Gasteiger partial charge in [0.15, 0.2) is 11.5 Å². The lowest BCUT2D eigenvalue weighted by atomic mass is 10.1. The van der Waals surface area contributed by atoms with Crippen molar-refractivity contribution in [2.24, 2.45) is 0 Å². The molecule has 0 bridgehead atoms. The van der Waals surface area contributed by atoms with E-state index in [0.29, 0.717) is 11.5 Å². The minimum atomic E-state index is -0.452. The van der Waals surface area contributed by atoms with Crippen LogP contribution in [0.1, 0.15) is 18.6 Å². The summed E-state index contributed by atoms with van der Waals surface area (Å²) in [6.07, 6.45) is 1.12. The summed E-state index contributed by atoms with van der Waals surface area (Å²) in [7, 11) is 0. The fourth-order valence-electron chi connectivity index (χ4n) is 1.52. The SMILES string of the molecule is C=CC(OC(C)=O)c1ccc2c(c1)OCO2. The third-order valence-electron chi connectivity index (χ3n) is 2.23. The molecule has 1 aliphatic rings. The minimum Gasteiger partial charge on any atom is -0.454 e.